The zero-order valence-electron chi connectivity index (χ0n) is 54.8. The van der Waals surface area contributed by atoms with Crippen molar-refractivity contribution in [1.29, 1.82) is 0 Å². The molecule has 498 valence electrons. The van der Waals surface area contributed by atoms with Crippen LogP contribution in [0.4, 0.5) is 0 Å². The summed E-state index contributed by atoms with van der Waals surface area (Å²) in [4.78, 5) is 26.4. The van der Waals surface area contributed by atoms with E-state index in [2.05, 4.69) is 336 Å². The molecule has 0 saturated heterocycles. The monoisotopic (exact) mass is 1730 g/mol. The second kappa shape index (κ2) is 31.3. The van der Waals surface area contributed by atoms with Gasteiger partial charge < -0.3 is 10.0 Å². The molecular formula is C88H59BCl3I3N6O2. The number of hydrogen-bond acceptors (Lipinski definition) is 8. The van der Waals surface area contributed by atoms with Gasteiger partial charge in [-0.2, -0.15) is 24.9 Å². The molecule has 0 unspecified atom stereocenters. The molecule has 103 heavy (non-hydrogen) atoms. The number of fused-ring (bicyclic) bond motifs is 8. The van der Waals surface area contributed by atoms with Crippen LogP contribution in [0.3, 0.4) is 0 Å². The van der Waals surface area contributed by atoms with E-state index in [1.54, 1.807) is 6.07 Å². The van der Waals surface area contributed by atoms with Crippen molar-refractivity contribution < 1.29 is 10.0 Å². The van der Waals surface area contributed by atoms with Crippen molar-refractivity contribution in [3.63, 3.8) is 0 Å². The van der Waals surface area contributed by atoms with Gasteiger partial charge in [-0.3, -0.25) is 0 Å². The molecule has 0 fully saturated rings. The number of nitrogens with zero attached hydrogens (tertiary/aromatic N) is 6. The summed E-state index contributed by atoms with van der Waals surface area (Å²) >= 11 is 22.6. The Labute approximate surface area is 653 Å². The Kier molecular flexibility index (Phi) is 21.5. The maximum atomic E-state index is 10.1. The zero-order valence-corrected chi connectivity index (χ0v) is 63.7. The lowest BCUT2D eigenvalue weighted by Crippen LogP contribution is -2.33. The van der Waals surface area contributed by atoms with Crippen LogP contribution in [0, 0.1) is 0 Å². The molecule has 0 aliphatic heterocycles. The van der Waals surface area contributed by atoms with Gasteiger partial charge in [-0.1, -0.05) is 340 Å². The first kappa shape index (κ1) is 70.7. The van der Waals surface area contributed by atoms with Crippen molar-refractivity contribution in [2.75, 3.05) is 0 Å². The van der Waals surface area contributed by atoms with Gasteiger partial charge in [0.1, 0.15) is 0 Å². The Morgan fingerprint density at radius 1 is 0.262 bits per heavy atom. The molecule has 2 N–H and O–H groups in total. The third-order valence-corrected chi connectivity index (χ3v) is 19.7. The highest BCUT2D eigenvalue weighted by Gasteiger charge is 2.49. The lowest BCUT2D eigenvalue weighted by molar-refractivity contribution is 0.426. The van der Waals surface area contributed by atoms with Crippen molar-refractivity contribution in [3.8, 4) is 78.7 Å². The Morgan fingerprint density at radius 2 is 0.563 bits per heavy atom. The topological polar surface area (TPSA) is 118 Å². The maximum Gasteiger partial charge on any atom is 0.489 e. The highest BCUT2D eigenvalue weighted by molar-refractivity contribution is 15.0. The summed E-state index contributed by atoms with van der Waals surface area (Å²) in [6.45, 7) is 0. The third kappa shape index (κ3) is 13.4. The molecule has 18 rings (SSSR count). The van der Waals surface area contributed by atoms with E-state index in [4.69, 9.17) is 44.8 Å². The minimum absolute atomic E-state index is 0. The molecule has 8 nitrogen and oxygen atoms in total. The number of hydrogen-bond donors (Lipinski definition) is 2. The Morgan fingerprint density at radius 3 is 1.01 bits per heavy atom. The summed E-state index contributed by atoms with van der Waals surface area (Å²) in [6, 6.07) is 118. The molecular weight excluding hydrogens is 1670 g/mol. The van der Waals surface area contributed by atoms with Gasteiger partial charge in [-0.05, 0) is 151 Å². The van der Waals surface area contributed by atoms with E-state index >= 15 is 0 Å². The standard InChI is InChI=1S/C44H28ClN3.C25H19BO2.C19H11Cl2N3.I2.HI/c45-43-47-41(31-27-25-30(26-28-31)35-21-11-14-29-13-7-8-19-34(29)35)46-42(48-43)37-22-12-24-39-40(37)36-20-9-10-23-38(36)44(39,32-15-3-1-4-16-32)33-17-5-2-6-18-33;27-26(28)23-17-9-16-22-24(23)20-14-7-8-15-21(20)25(22,18-10-3-1-4-11-18)19-12-5-2-6-13-19;20-18-22-17(23-19(21)24-18)14-10-8-13(9-11-14)16-7-3-5-12-4-1-2-6-15(12)16;1-2;/h1-28H;1-17,27-28H;1-11H;;1H. The predicted octanol–water partition coefficient (Wildman–Crippen LogP) is 22.8. The summed E-state index contributed by atoms with van der Waals surface area (Å²) < 4.78 is 0. The largest absolute Gasteiger partial charge is 0.489 e. The van der Waals surface area contributed by atoms with Gasteiger partial charge in [0, 0.05) is 53.9 Å². The van der Waals surface area contributed by atoms with Crippen LogP contribution in [0.5, 0.6) is 0 Å². The molecule has 0 bridgehead atoms. The summed E-state index contributed by atoms with van der Waals surface area (Å²) in [6.07, 6.45) is 0. The van der Waals surface area contributed by atoms with Crippen molar-refractivity contribution >= 4 is 130 Å². The quantitative estimate of drug-likeness (QED) is 0.103. The molecule has 2 aliphatic rings. The summed E-state index contributed by atoms with van der Waals surface area (Å²) in [7, 11) is -1.52. The molecule has 2 heterocycles. The van der Waals surface area contributed by atoms with E-state index < -0.39 is 17.9 Å². The minimum Gasteiger partial charge on any atom is -0.423 e. The van der Waals surface area contributed by atoms with Crippen LogP contribution in [-0.4, -0.2) is 47.1 Å². The summed E-state index contributed by atoms with van der Waals surface area (Å²) in [5.41, 5.74) is 20.4. The molecule has 0 spiro atoms. The zero-order chi connectivity index (χ0) is 69.7. The first-order chi connectivity index (χ1) is 50.2. The molecule has 2 aromatic heterocycles. The van der Waals surface area contributed by atoms with Crippen LogP contribution in [0.2, 0.25) is 15.9 Å². The van der Waals surface area contributed by atoms with Gasteiger partial charge in [0.15, 0.2) is 17.5 Å². The Bertz CT molecular complexity index is 5610. The van der Waals surface area contributed by atoms with Crippen molar-refractivity contribution in [1.82, 2.24) is 29.9 Å². The molecule has 14 aromatic carbocycles. The van der Waals surface area contributed by atoms with E-state index in [0.717, 1.165) is 72.3 Å². The summed E-state index contributed by atoms with van der Waals surface area (Å²) in [5.74, 6) is 1.55. The van der Waals surface area contributed by atoms with Crippen molar-refractivity contribution in [2.24, 2.45) is 0 Å². The lowest BCUT2D eigenvalue weighted by Gasteiger charge is -2.33. The fourth-order valence-corrected chi connectivity index (χ4v) is 15.5. The predicted molar refractivity (Wildman–Crippen MR) is 451 cm³/mol. The highest BCUT2D eigenvalue weighted by atomic mass is 128. The number of halogens is 6. The Balaban J connectivity index is 0.000000139. The molecule has 0 radical (unpaired) electrons. The van der Waals surface area contributed by atoms with Gasteiger partial charge >= 0.3 is 7.12 Å². The number of benzene rings is 14. The van der Waals surface area contributed by atoms with Gasteiger partial charge in [0.25, 0.3) is 0 Å². The first-order valence-electron chi connectivity index (χ1n) is 33.0. The van der Waals surface area contributed by atoms with Gasteiger partial charge in [-0.15, -0.1) is 24.0 Å². The molecule has 15 heteroatoms. The van der Waals surface area contributed by atoms with Crippen LogP contribution >= 0.6 is 96.0 Å². The minimum atomic E-state index is -1.52. The van der Waals surface area contributed by atoms with Crippen LogP contribution in [0.1, 0.15) is 44.5 Å². The second-order valence-corrected chi connectivity index (χ2v) is 25.6. The molecule has 0 saturated carbocycles. The second-order valence-electron chi connectivity index (χ2n) is 24.6. The highest BCUT2D eigenvalue weighted by Crippen LogP contribution is 2.59. The number of rotatable bonds is 10. The van der Waals surface area contributed by atoms with Crippen LogP contribution in [0.25, 0.3) is 100 Å². The van der Waals surface area contributed by atoms with Crippen molar-refractivity contribution in [2.45, 2.75) is 10.8 Å². The fourth-order valence-electron chi connectivity index (χ4n) is 15.0. The molecule has 0 amide bonds. The number of aromatic nitrogens is 6. The van der Waals surface area contributed by atoms with E-state index in [0.29, 0.717) is 22.9 Å². The van der Waals surface area contributed by atoms with Gasteiger partial charge in [0.05, 0.1) is 10.8 Å². The van der Waals surface area contributed by atoms with Crippen LogP contribution in [-0.2, 0) is 10.8 Å². The van der Waals surface area contributed by atoms with E-state index in [1.165, 1.54) is 54.9 Å². The molecule has 0 atom stereocenters. The van der Waals surface area contributed by atoms with E-state index in [1.807, 2.05) is 54.6 Å². The Hall–Kier alpha value is -9.34. The molecule has 2 aliphatic carbocycles. The normalized spacial score (nSPS) is 12.3. The molecule has 16 aromatic rings. The van der Waals surface area contributed by atoms with Gasteiger partial charge in [0.2, 0.25) is 15.9 Å². The van der Waals surface area contributed by atoms with E-state index in [-0.39, 0.29) is 39.8 Å². The van der Waals surface area contributed by atoms with Crippen molar-refractivity contribution in [3.05, 3.63) is 400 Å². The van der Waals surface area contributed by atoms with E-state index in [9.17, 15) is 10.0 Å². The first-order valence-corrected chi connectivity index (χ1v) is 40.4. The van der Waals surface area contributed by atoms with Crippen LogP contribution in [0.15, 0.2) is 340 Å². The average Bonchev–Trinajstić information content (AvgIpc) is 1.55. The maximum absolute atomic E-state index is 10.1. The lowest BCUT2D eigenvalue weighted by atomic mass is 9.66. The smallest absolute Gasteiger partial charge is 0.423 e. The summed E-state index contributed by atoms with van der Waals surface area (Å²) in [5, 5.41) is 25.4. The SMILES string of the molecule is Clc1nc(-c2ccc(-c3cccc4ccccc34)cc2)nc(-c2cccc3c2-c2ccccc2C3(c2ccccc2)c2ccccc2)n1.Clc1nc(Cl)nc(-c2ccc(-c3cccc4ccccc34)cc2)n1.I.II.OB(O)c1cccc2c1-c1ccccc1C2(c1ccccc1)c1ccccc1. The average molecular weight is 1730 g/mol. The third-order valence-electron chi connectivity index (χ3n) is 19.2. The fraction of sp³-hybridized carbons (Fsp3) is 0.0227. The van der Waals surface area contributed by atoms with Gasteiger partial charge in [-0.25, -0.2) is 4.98 Å². The van der Waals surface area contributed by atoms with Crippen LogP contribution < -0.4 is 5.46 Å².